The number of unbranched alkanes of at least 4 members (excludes halogenated alkanes) is 1. The Morgan fingerprint density at radius 2 is 2.25 bits per heavy atom. The molecule has 16 heavy (non-hydrogen) atoms. The largest absolute Gasteiger partial charge is 0.378 e. The summed E-state index contributed by atoms with van der Waals surface area (Å²) in [4.78, 5) is 0. The van der Waals surface area contributed by atoms with Crippen LogP contribution in [0.2, 0.25) is 0 Å². The molecular formula is C13H27NO2. The minimum Gasteiger partial charge on any atom is -0.378 e. The van der Waals surface area contributed by atoms with Crippen LogP contribution in [-0.2, 0) is 9.47 Å². The Balaban J connectivity index is 2.29. The molecule has 0 bridgehead atoms. The molecule has 3 nitrogen and oxygen atoms in total. The zero-order valence-electron chi connectivity index (χ0n) is 11.1. The smallest absolute Gasteiger partial charge is 0.106 e. The van der Waals surface area contributed by atoms with Crippen molar-refractivity contribution in [3.8, 4) is 0 Å². The molecule has 3 heteroatoms. The molecule has 1 fully saturated rings. The standard InChI is InChI=1S/C13H27NO2/c1-4-6-7-12(5-2)14-10-13(15-3)8-9-16-11-13/h12,14H,4-11H2,1-3H3. The van der Waals surface area contributed by atoms with Crippen molar-refractivity contribution in [2.75, 3.05) is 26.9 Å². The van der Waals surface area contributed by atoms with E-state index in [1.807, 2.05) is 0 Å². The molecule has 1 rings (SSSR count). The van der Waals surface area contributed by atoms with Gasteiger partial charge in [0.1, 0.15) is 5.60 Å². The number of methoxy groups -OCH3 is 1. The lowest BCUT2D eigenvalue weighted by molar-refractivity contribution is -0.0177. The monoisotopic (exact) mass is 229 g/mol. The molecule has 2 unspecified atom stereocenters. The summed E-state index contributed by atoms with van der Waals surface area (Å²) in [6.45, 7) is 6.99. The van der Waals surface area contributed by atoms with Gasteiger partial charge in [-0.05, 0) is 12.8 Å². The van der Waals surface area contributed by atoms with Crippen LogP contribution in [0.25, 0.3) is 0 Å². The number of hydrogen-bond acceptors (Lipinski definition) is 3. The van der Waals surface area contributed by atoms with Crippen molar-refractivity contribution in [2.24, 2.45) is 0 Å². The zero-order chi connectivity index (χ0) is 11.9. The Morgan fingerprint density at radius 1 is 1.44 bits per heavy atom. The summed E-state index contributed by atoms with van der Waals surface area (Å²) in [6, 6.07) is 0.632. The average molecular weight is 229 g/mol. The molecule has 1 saturated heterocycles. The van der Waals surface area contributed by atoms with Crippen molar-refractivity contribution in [3.05, 3.63) is 0 Å². The SMILES string of the molecule is CCCCC(CC)NCC1(OC)CCOC1. The van der Waals surface area contributed by atoms with Crippen molar-refractivity contribution in [2.45, 2.75) is 57.6 Å². The van der Waals surface area contributed by atoms with Crippen molar-refractivity contribution in [3.63, 3.8) is 0 Å². The van der Waals surface area contributed by atoms with Gasteiger partial charge in [-0.15, -0.1) is 0 Å². The fourth-order valence-corrected chi connectivity index (χ4v) is 2.19. The Bertz CT molecular complexity index is 179. The molecule has 0 aromatic heterocycles. The van der Waals surface area contributed by atoms with Crippen LogP contribution in [0.3, 0.4) is 0 Å². The Hall–Kier alpha value is -0.120. The predicted octanol–water partition coefficient (Wildman–Crippen LogP) is 2.35. The van der Waals surface area contributed by atoms with Gasteiger partial charge in [0.2, 0.25) is 0 Å². The van der Waals surface area contributed by atoms with Gasteiger partial charge < -0.3 is 14.8 Å². The van der Waals surface area contributed by atoms with E-state index in [4.69, 9.17) is 9.47 Å². The number of ether oxygens (including phenoxy) is 2. The maximum atomic E-state index is 5.61. The molecule has 0 spiro atoms. The van der Waals surface area contributed by atoms with Crippen molar-refractivity contribution in [1.29, 1.82) is 0 Å². The molecule has 96 valence electrons. The topological polar surface area (TPSA) is 30.5 Å². The summed E-state index contributed by atoms with van der Waals surface area (Å²) in [5, 5.41) is 3.63. The predicted molar refractivity (Wildman–Crippen MR) is 66.8 cm³/mol. The van der Waals surface area contributed by atoms with E-state index < -0.39 is 0 Å². The molecule has 2 atom stereocenters. The molecule has 1 N–H and O–H groups in total. The molecule has 0 amide bonds. The van der Waals surface area contributed by atoms with Gasteiger partial charge in [-0.1, -0.05) is 26.7 Å². The van der Waals surface area contributed by atoms with Crippen LogP contribution < -0.4 is 5.32 Å². The van der Waals surface area contributed by atoms with Gasteiger partial charge in [0.25, 0.3) is 0 Å². The second kappa shape index (κ2) is 7.25. The lowest BCUT2D eigenvalue weighted by Crippen LogP contribution is -2.46. The highest BCUT2D eigenvalue weighted by Crippen LogP contribution is 2.22. The van der Waals surface area contributed by atoms with Crippen LogP contribution in [0.4, 0.5) is 0 Å². The van der Waals surface area contributed by atoms with E-state index in [1.165, 1.54) is 25.7 Å². The summed E-state index contributed by atoms with van der Waals surface area (Å²) in [7, 11) is 1.79. The van der Waals surface area contributed by atoms with Gasteiger partial charge >= 0.3 is 0 Å². The van der Waals surface area contributed by atoms with Crippen LogP contribution in [-0.4, -0.2) is 38.5 Å². The lowest BCUT2D eigenvalue weighted by Gasteiger charge is -2.28. The van der Waals surface area contributed by atoms with E-state index in [2.05, 4.69) is 19.2 Å². The second-order valence-electron chi connectivity index (χ2n) is 4.82. The first-order valence-corrected chi connectivity index (χ1v) is 6.62. The Morgan fingerprint density at radius 3 is 2.75 bits per heavy atom. The zero-order valence-corrected chi connectivity index (χ0v) is 11.1. The normalized spacial score (nSPS) is 27.2. The maximum Gasteiger partial charge on any atom is 0.106 e. The minimum atomic E-state index is -0.0698. The third-order valence-electron chi connectivity index (χ3n) is 3.61. The van der Waals surface area contributed by atoms with Crippen LogP contribution in [0, 0.1) is 0 Å². The van der Waals surface area contributed by atoms with Gasteiger partial charge in [0.15, 0.2) is 0 Å². The minimum absolute atomic E-state index is 0.0698. The number of nitrogens with one attached hydrogen (secondary N) is 1. The summed E-state index contributed by atoms with van der Waals surface area (Å²) < 4.78 is 11.0. The van der Waals surface area contributed by atoms with E-state index in [9.17, 15) is 0 Å². The first-order valence-electron chi connectivity index (χ1n) is 6.62. The van der Waals surface area contributed by atoms with E-state index in [-0.39, 0.29) is 5.60 Å². The summed E-state index contributed by atoms with van der Waals surface area (Å²) in [5.74, 6) is 0. The third kappa shape index (κ3) is 4.04. The summed E-state index contributed by atoms with van der Waals surface area (Å²) in [6.07, 6.45) is 6.06. The molecule has 1 aliphatic heterocycles. The van der Waals surface area contributed by atoms with Crippen molar-refractivity contribution >= 4 is 0 Å². The first-order chi connectivity index (χ1) is 7.76. The molecule has 0 aromatic carbocycles. The van der Waals surface area contributed by atoms with Crippen LogP contribution in [0.15, 0.2) is 0 Å². The highest BCUT2D eigenvalue weighted by Gasteiger charge is 2.34. The molecule has 1 heterocycles. The number of rotatable bonds is 8. The Kier molecular flexibility index (Phi) is 6.32. The fraction of sp³-hybridized carbons (Fsp3) is 1.00. The fourth-order valence-electron chi connectivity index (χ4n) is 2.19. The van der Waals surface area contributed by atoms with Gasteiger partial charge in [-0.3, -0.25) is 0 Å². The molecular weight excluding hydrogens is 202 g/mol. The summed E-state index contributed by atoms with van der Waals surface area (Å²) in [5.41, 5.74) is -0.0698. The van der Waals surface area contributed by atoms with Gasteiger partial charge in [0.05, 0.1) is 6.61 Å². The molecule has 0 radical (unpaired) electrons. The lowest BCUT2D eigenvalue weighted by atomic mass is 10.0. The van der Waals surface area contributed by atoms with E-state index in [1.54, 1.807) is 7.11 Å². The van der Waals surface area contributed by atoms with Crippen molar-refractivity contribution < 1.29 is 9.47 Å². The summed E-state index contributed by atoms with van der Waals surface area (Å²) >= 11 is 0. The molecule has 0 saturated carbocycles. The third-order valence-corrected chi connectivity index (χ3v) is 3.61. The van der Waals surface area contributed by atoms with E-state index in [0.29, 0.717) is 6.04 Å². The van der Waals surface area contributed by atoms with Gasteiger partial charge in [-0.2, -0.15) is 0 Å². The first kappa shape index (κ1) is 13.9. The second-order valence-corrected chi connectivity index (χ2v) is 4.82. The van der Waals surface area contributed by atoms with Gasteiger partial charge in [-0.25, -0.2) is 0 Å². The quantitative estimate of drug-likeness (QED) is 0.693. The maximum absolute atomic E-state index is 5.61. The average Bonchev–Trinajstić information content (AvgIpc) is 2.79. The number of hydrogen-bond donors (Lipinski definition) is 1. The molecule has 0 aliphatic carbocycles. The molecule has 1 aliphatic rings. The molecule has 0 aromatic rings. The van der Waals surface area contributed by atoms with E-state index in [0.717, 1.165) is 26.2 Å². The highest BCUT2D eigenvalue weighted by atomic mass is 16.5. The van der Waals surface area contributed by atoms with Crippen molar-refractivity contribution in [1.82, 2.24) is 5.32 Å². The van der Waals surface area contributed by atoms with E-state index >= 15 is 0 Å². The van der Waals surface area contributed by atoms with Crippen LogP contribution >= 0.6 is 0 Å². The van der Waals surface area contributed by atoms with Crippen LogP contribution in [0.1, 0.15) is 46.0 Å². The van der Waals surface area contributed by atoms with Gasteiger partial charge in [0, 0.05) is 32.7 Å². The van der Waals surface area contributed by atoms with Crippen LogP contribution in [0.5, 0.6) is 0 Å². The highest BCUT2D eigenvalue weighted by molar-refractivity contribution is 4.88. The Labute approximate surface area is 99.9 Å².